The smallest absolute Gasteiger partial charge is 0.255 e. The first-order valence-corrected chi connectivity index (χ1v) is 5.80. The maximum absolute atomic E-state index is 12.1. The van der Waals surface area contributed by atoms with Crippen LogP contribution >= 0.6 is 23.2 Å². The molecule has 0 aliphatic rings. The molecule has 0 unspecified atom stereocenters. The minimum absolute atomic E-state index is 0.149. The van der Waals surface area contributed by atoms with E-state index < -0.39 is 0 Å². The number of nitrogens with zero attached hydrogens (tertiary/aromatic N) is 1. The number of hydrogen-bond acceptors (Lipinski definition) is 2. The minimum atomic E-state index is -0.149. The summed E-state index contributed by atoms with van der Waals surface area (Å²) in [4.78, 5) is 13.7. The highest BCUT2D eigenvalue weighted by Gasteiger charge is 2.18. The summed E-state index contributed by atoms with van der Waals surface area (Å²) in [6, 6.07) is 3.08. The first kappa shape index (κ1) is 13.1. The number of halogens is 2. The monoisotopic (exact) mass is 260 g/mol. The van der Waals surface area contributed by atoms with Crippen molar-refractivity contribution in [1.29, 1.82) is 0 Å². The Hall–Kier alpha value is -0.930. The summed E-state index contributed by atoms with van der Waals surface area (Å²) in [7, 11) is 0. The molecule has 1 rings (SSSR count). The van der Waals surface area contributed by atoms with E-state index in [1.165, 1.54) is 6.07 Å². The summed E-state index contributed by atoms with van der Waals surface area (Å²) in [5.74, 6) is -0.149. The molecular formula is C11H14Cl2N2O. The number of carbonyl (C=O) groups is 1. The van der Waals surface area contributed by atoms with Gasteiger partial charge in [-0.25, -0.2) is 0 Å². The molecule has 0 spiro atoms. The van der Waals surface area contributed by atoms with Crippen LogP contribution < -0.4 is 5.73 Å². The highest BCUT2D eigenvalue weighted by atomic mass is 35.5. The van der Waals surface area contributed by atoms with Gasteiger partial charge in [-0.1, -0.05) is 23.2 Å². The van der Waals surface area contributed by atoms with E-state index in [9.17, 15) is 4.79 Å². The van der Waals surface area contributed by atoms with Crippen LogP contribution in [0.2, 0.25) is 10.0 Å². The molecule has 0 aliphatic carbocycles. The molecule has 0 aliphatic heterocycles. The molecule has 0 atom stereocenters. The third kappa shape index (κ3) is 2.60. The third-order valence-corrected chi connectivity index (χ3v) is 3.13. The fourth-order valence-electron chi connectivity index (χ4n) is 1.45. The lowest BCUT2D eigenvalue weighted by atomic mass is 10.1. The number of hydrogen-bond donors (Lipinski definition) is 1. The van der Waals surface area contributed by atoms with Crippen molar-refractivity contribution in [2.75, 3.05) is 18.8 Å². The number of anilines is 1. The molecule has 1 aromatic rings. The van der Waals surface area contributed by atoms with Crippen LogP contribution in [-0.4, -0.2) is 23.9 Å². The summed E-state index contributed by atoms with van der Waals surface area (Å²) in [5.41, 5.74) is 6.43. The van der Waals surface area contributed by atoms with Gasteiger partial charge >= 0.3 is 0 Å². The summed E-state index contributed by atoms with van der Waals surface area (Å²) >= 11 is 11.9. The van der Waals surface area contributed by atoms with Crippen molar-refractivity contribution in [1.82, 2.24) is 4.90 Å². The molecule has 16 heavy (non-hydrogen) atoms. The molecule has 3 nitrogen and oxygen atoms in total. The second kappa shape index (κ2) is 5.41. The Balaban J connectivity index is 3.17. The van der Waals surface area contributed by atoms with Crippen molar-refractivity contribution < 1.29 is 4.79 Å². The van der Waals surface area contributed by atoms with Crippen LogP contribution in [0.3, 0.4) is 0 Å². The molecule has 0 fully saturated rings. The van der Waals surface area contributed by atoms with E-state index in [-0.39, 0.29) is 10.9 Å². The molecule has 88 valence electrons. The van der Waals surface area contributed by atoms with E-state index in [1.54, 1.807) is 11.0 Å². The van der Waals surface area contributed by atoms with Crippen molar-refractivity contribution in [3.8, 4) is 0 Å². The van der Waals surface area contributed by atoms with E-state index in [0.29, 0.717) is 29.4 Å². The molecule has 0 heterocycles. The zero-order chi connectivity index (χ0) is 12.3. The van der Waals surface area contributed by atoms with Gasteiger partial charge in [0.25, 0.3) is 5.91 Å². The minimum Gasteiger partial charge on any atom is -0.399 e. The Morgan fingerprint density at radius 1 is 1.31 bits per heavy atom. The molecule has 1 aromatic carbocycles. The average Bonchev–Trinajstić information content (AvgIpc) is 2.24. The predicted molar refractivity (Wildman–Crippen MR) is 68.1 cm³/mol. The molecule has 2 N–H and O–H groups in total. The number of nitrogens with two attached hydrogens (primary N) is 1. The molecule has 0 radical (unpaired) electrons. The maximum Gasteiger partial charge on any atom is 0.255 e. The van der Waals surface area contributed by atoms with Crippen molar-refractivity contribution in [2.45, 2.75) is 13.8 Å². The van der Waals surface area contributed by atoms with Gasteiger partial charge in [0, 0.05) is 18.8 Å². The number of amides is 1. The van der Waals surface area contributed by atoms with Crippen LogP contribution in [-0.2, 0) is 0 Å². The lowest BCUT2D eigenvalue weighted by Gasteiger charge is -2.19. The van der Waals surface area contributed by atoms with E-state index in [2.05, 4.69) is 0 Å². The van der Waals surface area contributed by atoms with Crippen LogP contribution in [0.4, 0.5) is 5.69 Å². The van der Waals surface area contributed by atoms with Gasteiger partial charge in [-0.3, -0.25) is 4.79 Å². The Morgan fingerprint density at radius 2 is 1.88 bits per heavy atom. The van der Waals surface area contributed by atoms with Crippen LogP contribution in [0.1, 0.15) is 24.2 Å². The van der Waals surface area contributed by atoms with Gasteiger partial charge in [0.2, 0.25) is 0 Å². The SMILES string of the molecule is CCN(CC)C(=O)c1cc(N)cc(Cl)c1Cl. The molecule has 0 bridgehead atoms. The zero-order valence-corrected chi connectivity index (χ0v) is 10.8. The summed E-state index contributed by atoms with van der Waals surface area (Å²) in [6.45, 7) is 5.06. The summed E-state index contributed by atoms with van der Waals surface area (Å²) < 4.78 is 0. The topological polar surface area (TPSA) is 46.3 Å². The quantitative estimate of drug-likeness (QED) is 0.850. The van der Waals surface area contributed by atoms with Gasteiger partial charge in [-0.15, -0.1) is 0 Å². The summed E-state index contributed by atoms with van der Waals surface area (Å²) in [5, 5.41) is 0.560. The van der Waals surface area contributed by atoms with E-state index in [0.717, 1.165) is 0 Å². The average molecular weight is 261 g/mol. The molecule has 0 saturated carbocycles. The fourth-order valence-corrected chi connectivity index (χ4v) is 1.86. The second-order valence-electron chi connectivity index (χ2n) is 3.34. The first-order valence-electron chi connectivity index (χ1n) is 5.05. The number of nitrogen functional groups attached to an aromatic ring is 1. The highest BCUT2D eigenvalue weighted by molar-refractivity contribution is 6.44. The van der Waals surface area contributed by atoms with Gasteiger partial charge < -0.3 is 10.6 Å². The van der Waals surface area contributed by atoms with Crippen molar-refractivity contribution >= 4 is 34.8 Å². The molecular weight excluding hydrogens is 247 g/mol. The van der Waals surface area contributed by atoms with E-state index in [1.807, 2.05) is 13.8 Å². The maximum atomic E-state index is 12.1. The van der Waals surface area contributed by atoms with Gasteiger partial charge in [-0.2, -0.15) is 0 Å². The Morgan fingerprint density at radius 3 is 2.38 bits per heavy atom. The third-order valence-electron chi connectivity index (χ3n) is 2.33. The van der Waals surface area contributed by atoms with Crippen LogP contribution in [0.25, 0.3) is 0 Å². The van der Waals surface area contributed by atoms with Gasteiger partial charge in [0.05, 0.1) is 15.6 Å². The Kier molecular flexibility index (Phi) is 4.44. The van der Waals surface area contributed by atoms with E-state index in [4.69, 9.17) is 28.9 Å². The molecule has 0 saturated heterocycles. The van der Waals surface area contributed by atoms with Crippen molar-refractivity contribution in [3.63, 3.8) is 0 Å². The van der Waals surface area contributed by atoms with Gasteiger partial charge in [0.1, 0.15) is 0 Å². The zero-order valence-electron chi connectivity index (χ0n) is 9.26. The largest absolute Gasteiger partial charge is 0.399 e. The van der Waals surface area contributed by atoms with Gasteiger partial charge in [0.15, 0.2) is 0 Å². The normalized spacial score (nSPS) is 10.2. The molecule has 0 aromatic heterocycles. The molecule has 5 heteroatoms. The van der Waals surface area contributed by atoms with Crippen molar-refractivity contribution in [2.24, 2.45) is 0 Å². The van der Waals surface area contributed by atoms with Crippen LogP contribution in [0.15, 0.2) is 12.1 Å². The summed E-state index contributed by atoms with van der Waals surface area (Å²) in [6.07, 6.45) is 0. The second-order valence-corrected chi connectivity index (χ2v) is 4.13. The molecule has 1 amide bonds. The van der Waals surface area contributed by atoms with Crippen LogP contribution in [0.5, 0.6) is 0 Å². The van der Waals surface area contributed by atoms with Crippen molar-refractivity contribution in [3.05, 3.63) is 27.7 Å². The van der Waals surface area contributed by atoms with Gasteiger partial charge in [-0.05, 0) is 26.0 Å². The first-order chi connectivity index (χ1) is 7.51. The fraction of sp³-hybridized carbons (Fsp3) is 0.364. The number of benzene rings is 1. The van der Waals surface area contributed by atoms with Crippen LogP contribution in [0, 0.1) is 0 Å². The highest BCUT2D eigenvalue weighted by Crippen LogP contribution is 2.29. The number of rotatable bonds is 3. The standard InChI is InChI=1S/C11H14Cl2N2O/c1-3-15(4-2)11(16)8-5-7(14)6-9(12)10(8)13/h5-6H,3-4,14H2,1-2H3. The number of carbonyl (C=O) groups excluding carboxylic acids is 1. The lowest BCUT2D eigenvalue weighted by molar-refractivity contribution is 0.0773. The lowest BCUT2D eigenvalue weighted by Crippen LogP contribution is -2.30. The Bertz CT molecular complexity index is 403. The predicted octanol–water partition coefficient (Wildman–Crippen LogP) is 3.06. The van der Waals surface area contributed by atoms with E-state index >= 15 is 0 Å². The Labute approximate surface area is 105 Å².